The van der Waals surface area contributed by atoms with E-state index in [1.54, 1.807) is 29.2 Å². The number of halogens is 1. The molecule has 1 saturated heterocycles. The number of nitrogens with one attached hydrogen (secondary N) is 3. The fourth-order valence-electron chi connectivity index (χ4n) is 3.84. The maximum absolute atomic E-state index is 12.2. The zero-order valence-corrected chi connectivity index (χ0v) is 20.9. The van der Waals surface area contributed by atoms with Crippen LogP contribution in [-0.2, 0) is 4.74 Å². The molecule has 188 valence electrons. The molecule has 3 heterocycles. The van der Waals surface area contributed by atoms with Crippen molar-refractivity contribution in [3.05, 3.63) is 74.7 Å². The van der Waals surface area contributed by atoms with Crippen LogP contribution in [0, 0.1) is 0 Å². The predicted octanol–water partition coefficient (Wildman–Crippen LogP) is 3.92. The smallest absolute Gasteiger partial charge is 0.410 e. The number of para-hydroxylation sites is 2. The van der Waals surface area contributed by atoms with E-state index in [9.17, 15) is 14.4 Å². The van der Waals surface area contributed by atoms with Crippen molar-refractivity contribution >= 4 is 45.3 Å². The Morgan fingerprint density at radius 2 is 1.75 bits per heavy atom. The van der Waals surface area contributed by atoms with Crippen molar-refractivity contribution in [1.29, 1.82) is 0 Å². The number of benzene rings is 2. The van der Waals surface area contributed by atoms with Gasteiger partial charge in [0.1, 0.15) is 11.4 Å². The lowest BCUT2D eigenvalue weighted by Crippen LogP contribution is -2.36. The third kappa shape index (κ3) is 6.19. The highest BCUT2D eigenvalue weighted by Gasteiger charge is 2.30. The average Bonchev–Trinajstić information content (AvgIpc) is 3.27. The van der Waals surface area contributed by atoms with Crippen LogP contribution in [0.5, 0.6) is 0 Å². The summed E-state index contributed by atoms with van der Waals surface area (Å²) in [5.41, 5.74) is 0.0419. The molecular formula is C25H27ClN6O4. The van der Waals surface area contributed by atoms with Gasteiger partial charge in [-0.3, -0.25) is 9.78 Å². The minimum atomic E-state index is -0.487. The number of H-pyrrole nitrogens is 2. The van der Waals surface area contributed by atoms with Gasteiger partial charge in [0.2, 0.25) is 5.28 Å². The quantitative estimate of drug-likeness (QED) is 0.348. The monoisotopic (exact) mass is 510 g/mol. The molecule has 1 aliphatic rings. The number of nitrogens with zero attached hydrogens (tertiary/aromatic N) is 3. The van der Waals surface area contributed by atoms with Gasteiger partial charge in [0, 0.05) is 24.5 Å². The van der Waals surface area contributed by atoms with Crippen molar-refractivity contribution in [1.82, 2.24) is 24.8 Å². The van der Waals surface area contributed by atoms with Crippen LogP contribution >= 0.6 is 11.6 Å². The Morgan fingerprint density at radius 3 is 2.50 bits per heavy atom. The summed E-state index contributed by atoms with van der Waals surface area (Å²) in [5, 5.41) is 5.01. The summed E-state index contributed by atoms with van der Waals surface area (Å²) in [4.78, 5) is 49.0. The van der Waals surface area contributed by atoms with Crippen LogP contribution in [-0.4, -0.2) is 55.7 Å². The van der Waals surface area contributed by atoms with Gasteiger partial charge in [-0.05, 0) is 63.1 Å². The third-order valence-corrected chi connectivity index (χ3v) is 5.57. The first-order valence-electron chi connectivity index (χ1n) is 11.5. The summed E-state index contributed by atoms with van der Waals surface area (Å²) >= 11 is 6.01. The summed E-state index contributed by atoms with van der Waals surface area (Å²) in [6.45, 7) is 6.83. The minimum Gasteiger partial charge on any atom is -0.444 e. The maximum atomic E-state index is 12.2. The maximum Gasteiger partial charge on any atom is 0.410 e. The molecule has 11 heteroatoms. The van der Waals surface area contributed by atoms with Crippen molar-refractivity contribution in [2.75, 3.05) is 18.4 Å². The van der Waals surface area contributed by atoms with Gasteiger partial charge in [0.05, 0.1) is 16.4 Å². The Bertz CT molecular complexity index is 1510. The zero-order chi connectivity index (χ0) is 25.9. The molecule has 1 atom stereocenters. The van der Waals surface area contributed by atoms with E-state index in [1.807, 2.05) is 45.0 Å². The first-order chi connectivity index (χ1) is 17.1. The van der Waals surface area contributed by atoms with Crippen molar-refractivity contribution in [2.45, 2.75) is 38.8 Å². The highest BCUT2D eigenvalue weighted by Crippen LogP contribution is 2.24. The largest absolute Gasteiger partial charge is 0.444 e. The zero-order valence-electron chi connectivity index (χ0n) is 20.2. The number of aromatic nitrogens is 4. The number of fused-ring (bicyclic) bond motifs is 2. The van der Waals surface area contributed by atoms with E-state index in [4.69, 9.17) is 16.3 Å². The fraction of sp³-hybridized carbons (Fsp3) is 0.320. The van der Waals surface area contributed by atoms with E-state index in [-0.39, 0.29) is 23.0 Å². The lowest BCUT2D eigenvalue weighted by Gasteiger charge is -2.24. The number of aromatic amines is 2. The van der Waals surface area contributed by atoms with Crippen LogP contribution in [0.4, 0.5) is 10.6 Å². The molecular weight excluding hydrogens is 484 g/mol. The van der Waals surface area contributed by atoms with Gasteiger partial charge in [-0.2, -0.15) is 0 Å². The van der Waals surface area contributed by atoms with Gasteiger partial charge in [0.15, 0.2) is 0 Å². The number of likely N-dealkylation sites (tertiary alicyclic amines) is 1. The van der Waals surface area contributed by atoms with E-state index in [0.717, 1.165) is 17.3 Å². The summed E-state index contributed by atoms with van der Waals surface area (Å²) in [7, 11) is 0. The van der Waals surface area contributed by atoms with Crippen molar-refractivity contribution in [2.24, 2.45) is 0 Å². The highest BCUT2D eigenvalue weighted by atomic mass is 35.5. The molecule has 10 nitrogen and oxygen atoms in total. The second kappa shape index (κ2) is 10.4. The van der Waals surface area contributed by atoms with Gasteiger partial charge in [0.25, 0.3) is 5.56 Å². The van der Waals surface area contributed by atoms with Crippen LogP contribution in [0.3, 0.4) is 0 Å². The van der Waals surface area contributed by atoms with E-state index < -0.39 is 11.3 Å². The summed E-state index contributed by atoms with van der Waals surface area (Å²) < 4.78 is 5.42. The number of carbonyl (C=O) groups excluding carboxylic acids is 1. The molecule has 2 aromatic carbocycles. The van der Waals surface area contributed by atoms with E-state index in [0.29, 0.717) is 29.8 Å². The first-order valence-corrected chi connectivity index (χ1v) is 11.8. The number of rotatable bonds is 2. The Balaban J connectivity index is 0.000000211. The molecule has 4 aromatic rings. The van der Waals surface area contributed by atoms with Gasteiger partial charge < -0.3 is 19.9 Å². The number of anilines is 1. The van der Waals surface area contributed by atoms with Crippen LogP contribution < -0.4 is 16.6 Å². The van der Waals surface area contributed by atoms with Crippen molar-refractivity contribution in [3.63, 3.8) is 0 Å². The molecule has 36 heavy (non-hydrogen) atoms. The SMILES string of the molecule is CC(C)(C)OC(=O)N1CC[C@H](Nc2nc(Cl)nc3ccccc23)C1.O=c1[nH]c(=O)c2ccccc2[nH]1. The highest BCUT2D eigenvalue weighted by molar-refractivity contribution is 6.28. The second-order valence-electron chi connectivity index (χ2n) is 9.37. The number of hydrogen-bond acceptors (Lipinski definition) is 7. The molecule has 2 aromatic heterocycles. The van der Waals surface area contributed by atoms with Gasteiger partial charge in [-0.25, -0.2) is 19.6 Å². The number of carbonyl (C=O) groups is 1. The normalized spacial score (nSPS) is 15.4. The molecule has 1 amide bonds. The Morgan fingerprint density at radius 1 is 1.06 bits per heavy atom. The summed E-state index contributed by atoms with van der Waals surface area (Å²) in [6.07, 6.45) is 0.548. The fourth-order valence-corrected chi connectivity index (χ4v) is 4.01. The molecule has 0 unspecified atom stereocenters. The third-order valence-electron chi connectivity index (χ3n) is 5.40. The molecule has 0 bridgehead atoms. The lowest BCUT2D eigenvalue weighted by atomic mass is 10.2. The average molecular weight is 511 g/mol. The van der Waals surface area contributed by atoms with Gasteiger partial charge >= 0.3 is 11.8 Å². The number of hydrogen-bond donors (Lipinski definition) is 3. The van der Waals surface area contributed by atoms with E-state index >= 15 is 0 Å². The molecule has 0 radical (unpaired) electrons. The van der Waals surface area contributed by atoms with Crippen LogP contribution in [0.1, 0.15) is 27.2 Å². The van der Waals surface area contributed by atoms with Crippen LogP contribution in [0.2, 0.25) is 5.28 Å². The van der Waals surface area contributed by atoms with Crippen LogP contribution in [0.15, 0.2) is 58.1 Å². The first kappa shape index (κ1) is 25.2. The Kier molecular flexibility index (Phi) is 7.25. The standard InChI is InChI=1S/C17H21ClN4O2.C8H6N2O2/c1-17(2,3)24-16(23)22-9-8-11(10-22)19-14-12-6-4-5-7-13(12)20-15(18)21-14;11-7-5-3-1-2-4-6(5)9-8(12)10-7/h4-7,11H,8-10H2,1-3H3,(H,19,20,21);1-4H,(H2,9,10,11,12)/t11-;/m0./s1. The van der Waals surface area contributed by atoms with E-state index in [2.05, 4.69) is 25.3 Å². The van der Waals surface area contributed by atoms with E-state index in [1.165, 1.54) is 0 Å². The number of amides is 1. The van der Waals surface area contributed by atoms with Crippen LogP contribution in [0.25, 0.3) is 21.8 Å². The molecule has 5 rings (SSSR count). The molecule has 0 aliphatic carbocycles. The summed E-state index contributed by atoms with van der Waals surface area (Å²) in [6, 6.07) is 14.7. The second-order valence-corrected chi connectivity index (χ2v) is 9.71. The summed E-state index contributed by atoms with van der Waals surface area (Å²) in [5.74, 6) is 0.696. The molecule has 3 N–H and O–H groups in total. The Labute approximate surface area is 211 Å². The Hall–Kier alpha value is -3.92. The molecule has 1 fully saturated rings. The van der Waals surface area contributed by atoms with Gasteiger partial charge in [-0.1, -0.05) is 24.3 Å². The lowest BCUT2D eigenvalue weighted by molar-refractivity contribution is 0.0293. The molecule has 0 spiro atoms. The van der Waals surface area contributed by atoms with Gasteiger partial charge in [-0.15, -0.1) is 0 Å². The van der Waals surface area contributed by atoms with Crippen molar-refractivity contribution in [3.8, 4) is 0 Å². The molecule has 1 aliphatic heterocycles. The number of ether oxygens (including phenoxy) is 1. The minimum absolute atomic E-state index is 0.104. The molecule has 0 saturated carbocycles. The van der Waals surface area contributed by atoms with Crippen molar-refractivity contribution < 1.29 is 9.53 Å². The predicted molar refractivity (Wildman–Crippen MR) is 140 cm³/mol. The topological polar surface area (TPSA) is 133 Å².